The van der Waals surface area contributed by atoms with Gasteiger partial charge in [-0.1, -0.05) is 30.3 Å². The summed E-state index contributed by atoms with van der Waals surface area (Å²) in [5.74, 6) is 1.18. The van der Waals surface area contributed by atoms with Crippen molar-refractivity contribution in [3.05, 3.63) is 65.2 Å². The van der Waals surface area contributed by atoms with Gasteiger partial charge in [-0.3, -0.25) is 0 Å². The second-order valence-corrected chi connectivity index (χ2v) is 4.50. The van der Waals surface area contributed by atoms with Crippen LogP contribution in [-0.4, -0.2) is 20.2 Å². The van der Waals surface area contributed by atoms with E-state index in [9.17, 15) is 4.79 Å². The van der Waals surface area contributed by atoms with Gasteiger partial charge in [0.15, 0.2) is 11.5 Å². The minimum absolute atomic E-state index is 0.370. The molecule has 0 bridgehead atoms. The summed E-state index contributed by atoms with van der Waals surface area (Å²) in [5.41, 5.74) is 2.00. The molecular formula is C17H14O4. The number of fused-ring (bicyclic) bond motifs is 1. The minimum Gasteiger partial charge on any atom is -0.496 e. The van der Waals surface area contributed by atoms with Crippen LogP contribution < -0.4 is 4.74 Å². The quantitative estimate of drug-likeness (QED) is 0.640. The van der Waals surface area contributed by atoms with Gasteiger partial charge in [0.05, 0.1) is 25.3 Å². The van der Waals surface area contributed by atoms with Gasteiger partial charge in [-0.25, -0.2) is 4.79 Å². The molecule has 0 atom stereocenters. The lowest BCUT2D eigenvalue weighted by atomic mass is 10.0. The van der Waals surface area contributed by atoms with Crippen molar-refractivity contribution in [3.8, 4) is 5.75 Å². The van der Waals surface area contributed by atoms with Crippen LogP contribution >= 0.6 is 0 Å². The topological polar surface area (TPSA) is 44.8 Å². The van der Waals surface area contributed by atoms with E-state index in [0.29, 0.717) is 22.8 Å². The molecule has 0 N–H and O–H groups in total. The Morgan fingerprint density at radius 1 is 0.952 bits per heavy atom. The molecule has 106 valence electrons. The van der Waals surface area contributed by atoms with Gasteiger partial charge in [0.1, 0.15) is 5.75 Å². The molecule has 0 spiro atoms. The summed E-state index contributed by atoms with van der Waals surface area (Å²) in [6, 6.07) is 14.7. The van der Waals surface area contributed by atoms with E-state index < -0.39 is 0 Å². The number of carbonyl (C=O) groups is 1. The molecule has 0 radical (unpaired) electrons. The smallest absolute Gasteiger partial charge is 0.344 e. The van der Waals surface area contributed by atoms with Gasteiger partial charge in [0.25, 0.3) is 0 Å². The number of para-hydroxylation sites is 1. The molecule has 0 saturated heterocycles. The zero-order valence-corrected chi connectivity index (χ0v) is 11.8. The van der Waals surface area contributed by atoms with Crippen LogP contribution in [0, 0.1) is 0 Å². The molecule has 0 aromatic heterocycles. The molecule has 4 heteroatoms. The van der Waals surface area contributed by atoms with Crippen LogP contribution in [0.1, 0.15) is 21.5 Å². The minimum atomic E-state index is -0.370. The Labute approximate surface area is 122 Å². The highest BCUT2D eigenvalue weighted by Gasteiger charge is 2.30. The Balaban J connectivity index is 2.23. The van der Waals surface area contributed by atoms with Crippen LogP contribution in [-0.2, 0) is 9.47 Å². The van der Waals surface area contributed by atoms with Crippen LogP contribution in [0.2, 0.25) is 0 Å². The number of methoxy groups -OCH3 is 2. The first-order valence-electron chi connectivity index (χ1n) is 6.49. The molecule has 1 heterocycles. The van der Waals surface area contributed by atoms with Crippen molar-refractivity contribution in [1.29, 1.82) is 0 Å². The summed E-state index contributed by atoms with van der Waals surface area (Å²) in [5, 5.41) is 0. The van der Waals surface area contributed by atoms with Crippen molar-refractivity contribution in [3.63, 3.8) is 0 Å². The van der Waals surface area contributed by atoms with Crippen molar-refractivity contribution in [2.24, 2.45) is 0 Å². The van der Waals surface area contributed by atoms with E-state index in [1.807, 2.05) is 36.4 Å². The van der Waals surface area contributed by atoms with Crippen molar-refractivity contribution in [1.82, 2.24) is 0 Å². The molecule has 0 saturated carbocycles. The summed E-state index contributed by atoms with van der Waals surface area (Å²) in [7, 11) is 3.13. The van der Waals surface area contributed by atoms with Crippen LogP contribution in [0.15, 0.2) is 48.5 Å². The largest absolute Gasteiger partial charge is 0.496 e. The molecule has 1 aliphatic heterocycles. The monoisotopic (exact) mass is 282 g/mol. The Hall–Kier alpha value is -2.75. The fourth-order valence-electron chi connectivity index (χ4n) is 2.39. The summed E-state index contributed by atoms with van der Waals surface area (Å²) < 4.78 is 16.2. The Kier molecular flexibility index (Phi) is 3.36. The van der Waals surface area contributed by atoms with Crippen LogP contribution in [0.4, 0.5) is 0 Å². The lowest BCUT2D eigenvalue weighted by Crippen LogP contribution is -1.98. The summed E-state index contributed by atoms with van der Waals surface area (Å²) in [4.78, 5) is 11.9. The Morgan fingerprint density at radius 2 is 1.62 bits per heavy atom. The molecule has 1 aliphatic rings. The molecule has 2 aromatic carbocycles. The SMILES string of the molecule is COC(=C1OC(=O)c2ccccc21)c1ccccc1OC. The number of benzene rings is 2. The van der Waals surface area contributed by atoms with Crippen LogP contribution in [0.5, 0.6) is 5.75 Å². The average molecular weight is 282 g/mol. The number of ether oxygens (including phenoxy) is 3. The van der Waals surface area contributed by atoms with Crippen molar-refractivity contribution >= 4 is 17.5 Å². The zero-order valence-electron chi connectivity index (χ0n) is 11.8. The van der Waals surface area contributed by atoms with Gasteiger partial charge in [-0.2, -0.15) is 0 Å². The number of carbonyl (C=O) groups excluding carboxylic acids is 1. The van der Waals surface area contributed by atoms with Gasteiger partial charge in [0, 0.05) is 5.56 Å². The highest BCUT2D eigenvalue weighted by atomic mass is 16.6. The number of cyclic esters (lactones) is 1. The predicted molar refractivity (Wildman–Crippen MR) is 78.7 cm³/mol. The van der Waals surface area contributed by atoms with Gasteiger partial charge in [-0.15, -0.1) is 0 Å². The van der Waals surface area contributed by atoms with Gasteiger partial charge < -0.3 is 14.2 Å². The predicted octanol–water partition coefficient (Wildman–Crippen LogP) is 3.34. The van der Waals surface area contributed by atoms with Crippen LogP contribution in [0.25, 0.3) is 11.5 Å². The molecule has 0 amide bonds. The van der Waals surface area contributed by atoms with E-state index in [0.717, 1.165) is 11.1 Å². The fraction of sp³-hybridized carbons (Fsp3) is 0.118. The standard InChI is InChI=1S/C17H14O4/c1-19-14-10-6-5-9-13(14)15(20-2)16-11-7-3-4-8-12(11)17(18)21-16/h3-10H,1-2H3. The molecule has 2 aromatic rings. The van der Waals surface area contributed by atoms with E-state index in [1.54, 1.807) is 26.4 Å². The van der Waals surface area contributed by atoms with Gasteiger partial charge in [-0.05, 0) is 18.2 Å². The summed E-state index contributed by atoms with van der Waals surface area (Å²) in [6.07, 6.45) is 0. The molecule has 4 nitrogen and oxygen atoms in total. The van der Waals surface area contributed by atoms with E-state index in [-0.39, 0.29) is 5.97 Å². The lowest BCUT2D eigenvalue weighted by Gasteiger charge is -2.13. The molecule has 0 fully saturated rings. The molecule has 0 unspecified atom stereocenters. The first-order valence-corrected chi connectivity index (χ1v) is 6.49. The van der Waals surface area contributed by atoms with Gasteiger partial charge >= 0.3 is 5.97 Å². The second kappa shape index (κ2) is 5.32. The Morgan fingerprint density at radius 3 is 2.33 bits per heavy atom. The first-order chi connectivity index (χ1) is 10.3. The third-order valence-corrected chi connectivity index (χ3v) is 3.35. The molecule has 0 aliphatic carbocycles. The van der Waals surface area contributed by atoms with Crippen molar-refractivity contribution in [2.75, 3.05) is 14.2 Å². The maximum absolute atomic E-state index is 11.9. The number of hydrogen-bond donors (Lipinski definition) is 0. The fourth-order valence-corrected chi connectivity index (χ4v) is 2.39. The third-order valence-electron chi connectivity index (χ3n) is 3.35. The highest BCUT2D eigenvalue weighted by molar-refractivity contribution is 6.07. The van der Waals surface area contributed by atoms with Crippen molar-refractivity contribution < 1.29 is 19.0 Å². The zero-order chi connectivity index (χ0) is 14.8. The number of hydrogen-bond acceptors (Lipinski definition) is 4. The van der Waals surface area contributed by atoms with Crippen molar-refractivity contribution in [2.45, 2.75) is 0 Å². The number of rotatable bonds is 3. The summed E-state index contributed by atoms with van der Waals surface area (Å²) in [6.45, 7) is 0. The Bertz CT molecular complexity index is 731. The molecular weight excluding hydrogens is 268 g/mol. The van der Waals surface area contributed by atoms with E-state index >= 15 is 0 Å². The van der Waals surface area contributed by atoms with Gasteiger partial charge in [0.2, 0.25) is 0 Å². The number of esters is 1. The maximum atomic E-state index is 11.9. The molecule has 3 rings (SSSR count). The van der Waals surface area contributed by atoms with Crippen LogP contribution in [0.3, 0.4) is 0 Å². The second-order valence-electron chi connectivity index (χ2n) is 4.50. The van der Waals surface area contributed by atoms with E-state index in [4.69, 9.17) is 14.2 Å². The van der Waals surface area contributed by atoms with E-state index in [2.05, 4.69) is 0 Å². The lowest BCUT2D eigenvalue weighted by molar-refractivity contribution is 0.0713. The molecule has 21 heavy (non-hydrogen) atoms. The maximum Gasteiger partial charge on any atom is 0.344 e. The highest BCUT2D eigenvalue weighted by Crippen LogP contribution is 2.38. The normalized spacial score (nSPS) is 15.2. The average Bonchev–Trinajstić information content (AvgIpc) is 2.86. The summed E-state index contributed by atoms with van der Waals surface area (Å²) >= 11 is 0. The van der Waals surface area contributed by atoms with E-state index in [1.165, 1.54) is 0 Å². The third kappa shape index (κ3) is 2.14. The first kappa shape index (κ1) is 13.2.